The monoisotopic (exact) mass is 151 g/mol. The molecule has 0 spiro atoms. The molecule has 0 radical (unpaired) electrons. The van der Waals surface area contributed by atoms with Crippen molar-refractivity contribution in [2.75, 3.05) is 13.2 Å². The van der Waals surface area contributed by atoms with Gasteiger partial charge >= 0.3 is 0 Å². The number of hydrogen-bond donors (Lipinski definition) is 0. The van der Waals surface area contributed by atoms with E-state index in [1.807, 2.05) is 6.92 Å². The number of fused-ring (bicyclic) bond motifs is 1. The molecular weight excluding hydrogens is 142 g/mol. The number of ketones is 1. The minimum absolute atomic E-state index is 0.0694. The number of nitrogens with zero attached hydrogens (tertiary/aromatic N) is 1. The Morgan fingerprint density at radius 2 is 2.55 bits per heavy atom. The molecule has 0 bridgehead atoms. The average molecular weight is 151 g/mol. The van der Waals surface area contributed by atoms with Crippen molar-refractivity contribution in [1.29, 1.82) is 0 Å². The molecule has 11 heavy (non-hydrogen) atoms. The Labute approximate surface area is 64.8 Å². The molecule has 0 N–H and O–H groups in total. The maximum atomic E-state index is 11.1. The van der Waals surface area contributed by atoms with E-state index in [1.165, 1.54) is 0 Å². The number of dihydropyridines is 1. The number of carbonyl (C=O) groups excluding carboxylic acids is 1. The van der Waals surface area contributed by atoms with E-state index in [9.17, 15) is 4.79 Å². The van der Waals surface area contributed by atoms with Crippen molar-refractivity contribution in [3.8, 4) is 0 Å². The van der Waals surface area contributed by atoms with Crippen molar-refractivity contribution in [3.05, 3.63) is 11.3 Å². The minimum Gasteiger partial charge on any atom is -0.489 e. The van der Waals surface area contributed by atoms with Crippen molar-refractivity contribution in [1.82, 2.24) is 0 Å². The van der Waals surface area contributed by atoms with E-state index in [0.29, 0.717) is 6.54 Å². The van der Waals surface area contributed by atoms with Crippen LogP contribution in [-0.4, -0.2) is 25.1 Å². The van der Waals surface area contributed by atoms with Gasteiger partial charge in [-0.25, -0.2) is 0 Å². The molecule has 2 aliphatic heterocycles. The summed E-state index contributed by atoms with van der Waals surface area (Å²) in [5.41, 5.74) is 0.993. The van der Waals surface area contributed by atoms with E-state index < -0.39 is 0 Å². The predicted octanol–water partition coefficient (Wildman–Crippen LogP) is 0.560. The van der Waals surface area contributed by atoms with Crippen LogP contribution in [-0.2, 0) is 9.53 Å². The van der Waals surface area contributed by atoms with Gasteiger partial charge in [0.2, 0.25) is 0 Å². The van der Waals surface area contributed by atoms with E-state index in [-0.39, 0.29) is 18.3 Å². The number of aliphatic imine (C=N–C) groups is 1. The van der Waals surface area contributed by atoms with Crippen LogP contribution < -0.4 is 0 Å². The summed E-state index contributed by atoms with van der Waals surface area (Å²) >= 11 is 0. The Kier molecular flexibility index (Phi) is 1.31. The normalized spacial score (nSPS) is 28.8. The van der Waals surface area contributed by atoms with Crippen LogP contribution in [0, 0.1) is 5.92 Å². The van der Waals surface area contributed by atoms with Crippen LogP contribution >= 0.6 is 0 Å². The van der Waals surface area contributed by atoms with E-state index in [0.717, 1.165) is 11.3 Å². The van der Waals surface area contributed by atoms with E-state index in [4.69, 9.17) is 4.74 Å². The third-order valence-corrected chi connectivity index (χ3v) is 2.04. The van der Waals surface area contributed by atoms with Gasteiger partial charge in [0, 0.05) is 11.8 Å². The highest BCUT2D eigenvalue weighted by Crippen LogP contribution is 2.26. The zero-order valence-corrected chi connectivity index (χ0v) is 6.33. The van der Waals surface area contributed by atoms with Crippen LogP contribution in [0.4, 0.5) is 0 Å². The number of allylic oxidation sites excluding steroid dienone is 1. The summed E-state index contributed by atoms with van der Waals surface area (Å²) in [4.78, 5) is 15.2. The largest absolute Gasteiger partial charge is 0.489 e. The number of ether oxygens (including phenoxy) is 1. The lowest BCUT2D eigenvalue weighted by atomic mass is 10.00. The summed E-state index contributed by atoms with van der Waals surface area (Å²) in [6.45, 7) is 2.73. The van der Waals surface area contributed by atoms with Crippen molar-refractivity contribution in [2.45, 2.75) is 6.92 Å². The van der Waals surface area contributed by atoms with Crippen LogP contribution in [0.25, 0.3) is 0 Å². The molecule has 2 rings (SSSR count). The first kappa shape index (κ1) is 6.58. The van der Waals surface area contributed by atoms with E-state index >= 15 is 0 Å². The van der Waals surface area contributed by atoms with Gasteiger partial charge in [-0.3, -0.25) is 9.79 Å². The maximum Gasteiger partial charge on any atom is 0.182 e. The molecule has 58 valence electrons. The van der Waals surface area contributed by atoms with E-state index in [2.05, 4.69) is 4.99 Å². The summed E-state index contributed by atoms with van der Waals surface area (Å²) in [6.07, 6.45) is 1.77. The molecule has 1 atom stereocenters. The minimum atomic E-state index is -0.0694. The Hall–Kier alpha value is -1.12. The lowest BCUT2D eigenvalue weighted by molar-refractivity contribution is -0.120. The molecule has 0 saturated carbocycles. The quantitative estimate of drug-likeness (QED) is 0.507. The zero-order chi connectivity index (χ0) is 7.84. The summed E-state index contributed by atoms with van der Waals surface area (Å²) < 4.78 is 5.22. The third-order valence-electron chi connectivity index (χ3n) is 2.04. The summed E-state index contributed by atoms with van der Waals surface area (Å²) in [5.74, 6) is 0.932. The molecule has 0 aromatic rings. The molecule has 2 heterocycles. The Morgan fingerprint density at radius 1 is 1.73 bits per heavy atom. The van der Waals surface area contributed by atoms with Crippen molar-refractivity contribution in [3.63, 3.8) is 0 Å². The van der Waals surface area contributed by atoms with Crippen molar-refractivity contribution < 1.29 is 9.53 Å². The molecular formula is C8H9NO2. The molecule has 1 fully saturated rings. The lowest BCUT2D eigenvalue weighted by Crippen LogP contribution is -2.17. The molecule has 0 aromatic carbocycles. The highest BCUT2D eigenvalue weighted by Gasteiger charge is 2.33. The topological polar surface area (TPSA) is 38.7 Å². The number of hydrogen-bond acceptors (Lipinski definition) is 3. The molecule has 1 unspecified atom stereocenters. The highest BCUT2D eigenvalue weighted by molar-refractivity contribution is 5.91. The van der Waals surface area contributed by atoms with Gasteiger partial charge in [-0.15, -0.1) is 0 Å². The molecule has 1 saturated heterocycles. The standard InChI is InChI=1S/C8H9NO2/c1-5-2-9-3-6-7(10)4-11-8(5)6/h2,6H,3-4H2,1H3. The lowest BCUT2D eigenvalue weighted by Gasteiger charge is -2.11. The molecule has 0 aromatic heterocycles. The van der Waals surface area contributed by atoms with Gasteiger partial charge in [0.1, 0.15) is 12.4 Å². The first-order valence-corrected chi connectivity index (χ1v) is 3.65. The van der Waals surface area contributed by atoms with Gasteiger partial charge in [-0.1, -0.05) is 0 Å². The van der Waals surface area contributed by atoms with Gasteiger partial charge < -0.3 is 4.74 Å². The van der Waals surface area contributed by atoms with E-state index in [1.54, 1.807) is 6.21 Å². The maximum absolute atomic E-state index is 11.1. The first-order chi connectivity index (χ1) is 5.29. The van der Waals surface area contributed by atoms with Gasteiger partial charge in [-0.2, -0.15) is 0 Å². The summed E-state index contributed by atoms with van der Waals surface area (Å²) in [5, 5.41) is 0. The van der Waals surface area contributed by atoms with Crippen LogP contribution in [0.5, 0.6) is 0 Å². The van der Waals surface area contributed by atoms with Gasteiger partial charge in [0.25, 0.3) is 0 Å². The Morgan fingerprint density at radius 3 is 3.27 bits per heavy atom. The molecule has 3 nitrogen and oxygen atoms in total. The molecule has 0 amide bonds. The second-order valence-electron chi connectivity index (χ2n) is 2.85. The summed E-state index contributed by atoms with van der Waals surface area (Å²) in [7, 11) is 0. The number of Topliss-reactive ketones (excluding diaryl/α,β-unsaturated/α-hetero) is 1. The first-order valence-electron chi connectivity index (χ1n) is 3.65. The fourth-order valence-corrected chi connectivity index (χ4v) is 1.43. The highest BCUT2D eigenvalue weighted by atomic mass is 16.5. The van der Waals surface area contributed by atoms with Crippen molar-refractivity contribution >= 4 is 12.0 Å². The molecule has 3 heteroatoms. The van der Waals surface area contributed by atoms with Gasteiger partial charge in [0.05, 0.1) is 12.5 Å². The third kappa shape index (κ3) is 0.878. The smallest absolute Gasteiger partial charge is 0.182 e. The second-order valence-corrected chi connectivity index (χ2v) is 2.85. The fraction of sp³-hybridized carbons (Fsp3) is 0.500. The fourth-order valence-electron chi connectivity index (χ4n) is 1.43. The number of carbonyl (C=O) groups is 1. The summed E-state index contributed by atoms with van der Waals surface area (Å²) in [6, 6.07) is 0. The Bertz CT molecular complexity index is 265. The van der Waals surface area contributed by atoms with Crippen LogP contribution in [0.2, 0.25) is 0 Å². The van der Waals surface area contributed by atoms with Gasteiger partial charge in [-0.05, 0) is 6.92 Å². The zero-order valence-electron chi connectivity index (χ0n) is 6.33. The SMILES string of the molecule is CC1=C2OCC(=O)C2CN=C1. The molecule has 0 aliphatic carbocycles. The predicted molar refractivity (Wildman–Crippen MR) is 40.5 cm³/mol. The van der Waals surface area contributed by atoms with Crippen molar-refractivity contribution in [2.24, 2.45) is 10.9 Å². The van der Waals surface area contributed by atoms with Gasteiger partial charge in [0.15, 0.2) is 5.78 Å². The van der Waals surface area contributed by atoms with Crippen LogP contribution in [0.1, 0.15) is 6.92 Å². The molecule has 2 aliphatic rings. The second kappa shape index (κ2) is 2.19. The Balaban J connectivity index is 2.39. The van der Waals surface area contributed by atoms with Crippen LogP contribution in [0.3, 0.4) is 0 Å². The number of rotatable bonds is 0. The van der Waals surface area contributed by atoms with Crippen LogP contribution in [0.15, 0.2) is 16.3 Å². The average Bonchev–Trinajstić information content (AvgIpc) is 2.35.